The lowest BCUT2D eigenvalue weighted by atomic mass is 10.2. The highest BCUT2D eigenvalue weighted by Crippen LogP contribution is 2.26. The van der Waals surface area contributed by atoms with E-state index in [1.807, 2.05) is 32.9 Å². The van der Waals surface area contributed by atoms with Gasteiger partial charge in [-0.15, -0.1) is 0 Å². The van der Waals surface area contributed by atoms with Crippen molar-refractivity contribution < 1.29 is 9.53 Å². The Labute approximate surface area is 107 Å². The van der Waals surface area contributed by atoms with Gasteiger partial charge >= 0.3 is 0 Å². The van der Waals surface area contributed by atoms with Crippen molar-refractivity contribution in [3.8, 4) is 5.75 Å². The third-order valence-corrected chi connectivity index (χ3v) is 2.50. The summed E-state index contributed by atoms with van der Waals surface area (Å²) in [7, 11) is 0. The summed E-state index contributed by atoms with van der Waals surface area (Å²) in [5.74, 6) is 0.399. The fraction of sp³-hybridized carbons (Fsp3) is 0.462. The summed E-state index contributed by atoms with van der Waals surface area (Å²) in [6, 6.07) is 5.58. The molecular weight excluding hydrogens is 238 g/mol. The van der Waals surface area contributed by atoms with Crippen LogP contribution in [0.25, 0.3) is 0 Å². The maximum Gasteiger partial charge on any atom is 0.260 e. The van der Waals surface area contributed by atoms with E-state index in [0.29, 0.717) is 10.8 Å². The summed E-state index contributed by atoms with van der Waals surface area (Å²) in [5, 5.41) is 3.30. The SMILES string of the molecule is Cc1ccc(Cl)c(O[C@@H](C)C(=O)NC(C)C)c1. The molecule has 0 bridgehead atoms. The molecule has 4 heteroatoms. The van der Waals surface area contributed by atoms with Gasteiger partial charge in [-0.1, -0.05) is 17.7 Å². The van der Waals surface area contributed by atoms with Gasteiger partial charge in [0.2, 0.25) is 0 Å². The minimum absolute atomic E-state index is 0.0986. The number of carbonyl (C=O) groups excluding carboxylic acids is 1. The Balaban J connectivity index is 2.70. The van der Waals surface area contributed by atoms with Gasteiger partial charge in [-0.25, -0.2) is 0 Å². The minimum atomic E-state index is -0.559. The number of rotatable bonds is 4. The molecule has 1 atom stereocenters. The Morgan fingerprint density at radius 1 is 1.35 bits per heavy atom. The van der Waals surface area contributed by atoms with Gasteiger partial charge in [0, 0.05) is 6.04 Å². The van der Waals surface area contributed by atoms with Gasteiger partial charge in [-0.05, 0) is 45.4 Å². The van der Waals surface area contributed by atoms with E-state index in [1.165, 1.54) is 0 Å². The Kier molecular flexibility index (Phi) is 4.82. The summed E-state index contributed by atoms with van der Waals surface area (Å²) in [6.07, 6.45) is -0.559. The van der Waals surface area contributed by atoms with E-state index in [1.54, 1.807) is 13.0 Å². The van der Waals surface area contributed by atoms with Gasteiger partial charge in [0.15, 0.2) is 6.10 Å². The quantitative estimate of drug-likeness (QED) is 0.898. The molecule has 0 aliphatic rings. The number of benzene rings is 1. The molecule has 0 aliphatic heterocycles. The maximum absolute atomic E-state index is 11.7. The second kappa shape index (κ2) is 5.92. The summed E-state index contributed by atoms with van der Waals surface area (Å²) in [6.45, 7) is 7.47. The van der Waals surface area contributed by atoms with E-state index in [-0.39, 0.29) is 11.9 Å². The first-order valence-electron chi connectivity index (χ1n) is 5.63. The topological polar surface area (TPSA) is 38.3 Å². The minimum Gasteiger partial charge on any atom is -0.479 e. The second-order valence-electron chi connectivity index (χ2n) is 4.36. The lowest BCUT2D eigenvalue weighted by molar-refractivity contribution is -0.127. The van der Waals surface area contributed by atoms with Crippen LogP contribution >= 0.6 is 11.6 Å². The van der Waals surface area contributed by atoms with E-state index in [2.05, 4.69) is 5.32 Å². The summed E-state index contributed by atoms with van der Waals surface area (Å²) < 4.78 is 5.54. The highest BCUT2D eigenvalue weighted by molar-refractivity contribution is 6.32. The van der Waals surface area contributed by atoms with Crippen molar-refractivity contribution in [2.45, 2.75) is 39.8 Å². The van der Waals surface area contributed by atoms with Crippen molar-refractivity contribution in [3.63, 3.8) is 0 Å². The van der Waals surface area contributed by atoms with E-state index >= 15 is 0 Å². The smallest absolute Gasteiger partial charge is 0.260 e. The highest BCUT2D eigenvalue weighted by atomic mass is 35.5. The largest absolute Gasteiger partial charge is 0.479 e. The molecule has 1 amide bonds. The molecule has 0 radical (unpaired) electrons. The maximum atomic E-state index is 11.7. The predicted octanol–water partition coefficient (Wildman–Crippen LogP) is 2.94. The van der Waals surface area contributed by atoms with Gasteiger partial charge in [-0.2, -0.15) is 0 Å². The molecule has 0 heterocycles. The fourth-order valence-electron chi connectivity index (χ4n) is 1.35. The first-order valence-corrected chi connectivity index (χ1v) is 6.01. The van der Waals surface area contributed by atoms with E-state index in [4.69, 9.17) is 16.3 Å². The number of aryl methyl sites for hydroxylation is 1. The van der Waals surface area contributed by atoms with E-state index in [0.717, 1.165) is 5.56 Å². The zero-order valence-corrected chi connectivity index (χ0v) is 11.3. The molecule has 0 saturated heterocycles. The van der Waals surface area contributed by atoms with Crippen LogP contribution in [-0.4, -0.2) is 18.1 Å². The van der Waals surface area contributed by atoms with Crippen molar-refractivity contribution in [2.24, 2.45) is 0 Å². The molecule has 17 heavy (non-hydrogen) atoms. The van der Waals surface area contributed by atoms with Crippen LogP contribution in [0.5, 0.6) is 5.75 Å². The molecule has 1 rings (SSSR count). The van der Waals surface area contributed by atoms with Crippen LogP contribution in [0.2, 0.25) is 5.02 Å². The molecular formula is C13H18ClNO2. The fourth-order valence-corrected chi connectivity index (χ4v) is 1.51. The second-order valence-corrected chi connectivity index (χ2v) is 4.76. The van der Waals surface area contributed by atoms with Gasteiger partial charge < -0.3 is 10.1 Å². The van der Waals surface area contributed by atoms with E-state index in [9.17, 15) is 4.79 Å². The number of halogens is 1. The zero-order valence-electron chi connectivity index (χ0n) is 10.6. The number of carbonyl (C=O) groups is 1. The van der Waals surface area contributed by atoms with Gasteiger partial charge in [0.1, 0.15) is 5.75 Å². The van der Waals surface area contributed by atoms with Crippen molar-refractivity contribution in [3.05, 3.63) is 28.8 Å². The first-order chi connectivity index (χ1) is 7.90. The van der Waals surface area contributed by atoms with Crippen LogP contribution in [0.4, 0.5) is 0 Å². The van der Waals surface area contributed by atoms with Crippen LogP contribution in [-0.2, 0) is 4.79 Å². The highest BCUT2D eigenvalue weighted by Gasteiger charge is 2.16. The van der Waals surface area contributed by atoms with Crippen molar-refractivity contribution >= 4 is 17.5 Å². The molecule has 0 spiro atoms. The third kappa shape index (κ3) is 4.27. The Morgan fingerprint density at radius 3 is 2.59 bits per heavy atom. The van der Waals surface area contributed by atoms with Crippen LogP contribution in [0.1, 0.15) is 26.3 Å². The Hall–Kier alpha value is -1.22. The Bertz CT molecular complexity index is 404. The molecule has 0 aromatic heterocycles. The number of nitrogens with one attached hydrogen (secondary N) is 1. The van der Waals surface area contributed by atoms with Crippen LogP contribution in [0.3, 0.4) is 0 Å². The van der Waals surface area contributed by atoms with Crippen LogP contribution < -0.4 is 10.1 Å². The summed E-state index contributed by atoms with van der Waals surface area (Å²) >= 11 is 5.99. The summed E-state index contributed by atoms with van der Waals surface area (Å²) in [4.78, 5) is 11.7. The molecule has 1 aromatic carbocycles. The predicted molar refractivity (Wildman–Crippen MR) is 69.6 cm³/mol. The molecule has 1 aromatic rings. The number of amides is 1. The van der Waals surface area contributed by atoms with Crippen molar-refractivity contribution in [1.82, 2.24) is 5.32 Å². The van der Waals surface area contributed by atoms with Gasteiger partial charge in [-0.3, -0.25) is 4.79 Å². The van der Waals surface area contributed by atoms with Gasteiger partial charge in [0.05, 0.1) is 5.02 Å². The van der Waals surface area contributed by atoms with Gasteiger partial charge in [0.25, 0.3) is 5.91 Å². The lowest BCUT2D eigenvalue weighted by Crippen LogP contribution is -2.40. The van der Waals surface area contributed by atoms with E-state index < -0.39 is 6.10 Å². The number of hydrogen-bond donors (Lipinski definition) is 1. The monoisotopic (exact) mass is 255 g/mol. The molecule has 94 valence electrons. The summed E-state index contributed by atoms with van der Waals surface area (Å²) in [5.41, 5.74) is 1.04. The number of hydrogen-bond acceptors (Lipinski definition) is 2. The molecule has 0 aliphatic carbocycles. The average molecular weight is 256 g/mol. The standard InChI is InChI=1S/C13H18ClNO2/c1-8(2)15-13(16)10(4)17-12-7-9(3)5-6-11(12)14/h5-8,10H,1-4H3,(H,15,16)/t10-/m0/s1. The normalized spacial score (nSPS) is 12.4. The van der Waals surface area contributed by atoms with Crippen LogP contribution in [0.15, 0.2) is 18.2 Å². The first kappa shape index (κ1) is 13.8. The molecule has 0 saturated carbocycles. The third-order valence-electron chi connectivity index (χ3n) is 2.19. The lowest BCUT2D eigenvalue weighted by Gasteiger charge is -2.17. The molecule has 0 fully saturated rings. The molecule has 1 N–H and O–H groups in total. The molecule has 3 nitrogen and oxygen atoms in total. The average Bonchev–Trinajstić information content (AvgIpc) is 2.22. The zero-order chi connectivity index (χ0) is 13.0. The Morgan fingerprint density at radius 2 is 2.00 bits per heavy atom. The van der Waals surface area contributed by atoms with Crippen molar-refractivity contribution in [1.29, 1.82) is 0 Å². The van der Waals surface area contributed by atoms with Crippen LogP contribution in [0, 0.1) is 6.92 Å². The van der Waals surface area contributed by atoms with Crippen molar-refractivity contribution in [2.75, 3.05) is 0 Å². The molecule has 0 unspecified atom stereocenters. The number of ether oxygens (including phenoxy) is 1.